The number of aliphatic hydroxyl groups excluding tert-OH is 1. The van der Waals surface area contributed by atoms with Crippen molar-refractivity contribution in [3.05, 3.63) is 47.5 Å². The zero-order chi connectivity index (χ0) is 24.6. The van der Waals surface area contributed by atoms with E-state index in [0.717, 1.165) is 35.4 Å². The van der Waals surface area contributed by atoms with Crippen LogP contribution in [0.2, 0.25) is 0 Å². The highest BCUT2D eigenvalue weighted by Gasteiger charge is 2.46. The predicted octanol–water partition coefficient (Wildman–Crippen LogP) is 2.85. The maximum atomic E-state index is 12.7. The van der Waals surface area contributed by atoms with Gasteiger partial charge in [0.15, 0.2) is 11.5 Å². The fourth-order valence-electron chi connectivity index (χ4n) is 5.29. The first-order chi connectivity index (χ1) is 17.6. The molecule has 2 aromatic rings. The second kappa shape index (κ2) is 9.63. The number of aliphatic hydroxyl groups is 1. The number of fused-ring (bicyclic) bond motifs is 4. The Morgan fingerprint density at radius 1 is 0.972 bits per heavy atom. The Morgan fingerprint density at radius 2 is 1.81 bits per heavy atom. The summed E-state index contributed by atoms with van der Waals surface area (Å²) in [5.74, 6) is 2.51. The summed E-state index contributed by atoms with van der Waals surface area (Å²) in [6.07, 6.45) is 2.37. The lowest BCUT2D eigenvalue weighted by Gasteiger charge is -2.37. The van der Waals surface area contributed by atoms with E-state index in [-0.39, 0.29) is 49.8 Å². The van der Waals surface area contributed by atoms with Gasteiger partial charge in [-0.3, -0.25) is 9.59 Å². The molecular formula is C27H30N2O7. The topological polar surface area (TPSA) is 115 Å². The van der Waals surface area contributed by atoms with Gasteiger partial charge in [-0.2, -0.15) is 0 Å². The summed E-state index contributed by atoms with van der Waals surface area (Å²) >= 11 is 0. The van der Waals surface area contributed by atoms with E-state index in [4.69, 9.17) is 18.9 Å². The monoisotopic (exact) mass is 494 g/mol. The molecule has 0 bridgehead atoms. The van der Waals surface area contributed by atoms with E-state index in [1.807, 2.05) is 36.4 Å². The quantitative estimate of drug-likeness (QED) is 0.517. The molecule has 9 nitrogen and oxygen atoms in total. The van der Waals surface area contributed by atoms with Crippen molar-refractivity contribution in [1.82, 2.24) is 5.32 Å². The number of anilines is 1. The van der Waals surface area contributed by atoms with Gasteiger partial charge in [-0.1, -0.05) is 6.07 Å². The van der Waals surface area contributed by atoms with Crippen LogP contribution in [0.25, 0.3) is 0 Å². The van der Waals surface area contributed by atoms with Crippen molar-refractivity contribution in [3.8, 4) is 17.2 Å². The van der Waals surface area contributed by atoms with Gasteiger partial charge in [0.2, 0.25) is 18.6 Å². The highest BCUT2D eigenvalue weighted by Crippen LogP contribution is 2.47. The molecule has 190 valence electrons. The van der Waals surface area contributed by atoms with Gasteiger partial charge >= 0.3 is 0 Å². The number of rotatable bonds is 8. The minimum Gasteiger partial charge on any atom is -0.487 e. The average Bonchev–Trinajstić information content (AvgIpc) is 3.42. The van der Waals surface area contributed by atoms with Crippen LogP contribution in [0.3, 0.4) is 0 Å². The van der Waals surface area contributed by atoms with Gasteiger partial charge in [-0.25, -0.2) is 0 Å². The van der Waals surface area contributed by atoms with Gasteiger partial charge in [0, 0.05) is 30.1 Å². The first kappa shape index (κ1) is 23.1. The van der Waals surface area contributed by atoms with Crippen molar-refractivity contribution in [1.29, 1.82) is 0 Å². The zero-order valence-corrected chi connectivity index (χ0v) is 19.9. The van der Waals surface area contributed by atoms with Crippen molar-refractivity contribution < 1.29 is 33.6 Å². The number of carbonyl (C=O) groups excluding carboxylic acids is 2. The molecule has 1 saturated heterocycles. The average molecular weight is 495 g/mol. The van der Waals surface area contributed by atoms with E-state index >= 15 is 0 Å². The number of amides is 2. The lowest BCUT2D eigenvalue weighted by molar-refractivity contribution is -0.142. The van der Waals surface area contributed by atoms with E-state index in [9.17, 15) is 14.7 Å². The molecule has 0 radical (unpaired) electrons. The van der Waals surface area contributed by atoms with Crippen LogP contribution >= 0.6 is 0 Å². The lowest BCUT2D eigenvalue weighted by atomic mass is 9.84. The maximum absolute atomic E-state index is 12.7. The molecule has 4 aliphatic rings. The van der Waals surface area contributed by atoms with E-state index in [1.54, 1.807) is 0 Å². The Hall–Kier alpha value is -3.30. The Labute approximate surface area is 209 Å². The summed E-state index contributed by atoms with van der Waals surface area (Å²) in [5, 5.41) is 15.9. The molecule has 0 spiro atoms. The van der Waals surface area contributed by atoms with Gasteiger partial charge in [0.25, 0.3) is 0 Å². The normalized spacial score (nSPS) is 25.5. The standard InChI is InChI=1S/C27H30N2O7/c30-13-24-27-20(19-9-17(4-6-21(19)36-27)29-26(32)8-15-1-2-15)10-18(35-24)11-25(31)28-12-16-3-5-22-23(7-16)34-14-33-22/h3-7,9,15,18,20,24,27,30H,1-2,8,10-14H2,(H,28,31)(H,29,32)/t18-,20+,24-,27-/m1/s1. The Kier molecular flexibility index (Phi) is 6.18. The van der Waals surface area contributed by atoms with Crippen molar-refractivity contribution in [2.24, 2.45) is 5.92 Å². The van der Waals surface area contributed by atoms with E-state index in [0.29, 0.717) is 36.8 Å². The van der Waals surface area contributed by atoms with Crippen molar-refractivity contribution >= 4 is 17.5 Å². The molecule has 2 amide bonds. The smallest absolute Gasteiger partial charge is 0.231 e. The molecule has 3 aliphatic heterocycles. The van der Waals surface area contributed by atoms with Gasteiger partial charge in [0.1, 0.15) is 18.0 Å². The van der Waals surface area contributed by atoms with Gasteiger partial charge in [0.05, 0.1) is 19.1 Å². The number of hydrogen-bond acceptors (Lipinski definition) is 7. The third kappa shape index (κ3) is 4.85. The van der Waals surface area contributed by atoms with Crippen LogP contribution < -0.4 is 24.8 Å². The van der Waals surface area contributed by atoms with Crippen LogP contribution in [0, 0.1) is 5.92 Å². The summed E-state index contributed by atoms with van der Waals surface area (Å²) in [4.78, 5) is 25.0. The molecule has 1 aliphatic carbocycles. The van der Waals surface area contributed by atoms with E-state index in [2.05, 4.69) is 10.6 Å². The molecule has 6 rings (SSSR count). The number of benzene rings is 2. The van der Waals surface area contributed by atoms with Crippen molar-refractivity contribution in [2.75, 3.05) is 18.7 Å². The molecular weight excluding hydrogens is 464 g/mol. The van der Waals surface area contributed by atoms with Crippen LogP contribution in [0.4, 0.5) is 5.69 Å². The molecule has 9 heteroatoms. The van der Waals surface area contributed by atoms with Gasteiger partial charge < -0.3 is 34.7 Å². The Morgan fingerprint density at radius 3 is 2.64 bits per heavy atom. The largest absolute Gasteiger partial charge is 0.487 e. The van der Waals surface area contributed by atoms with E-state index in [1.165, 1.54) is 0 Å². The number of carbonyl (C=O) groups is 2. The second-order valence-corrected chi connectivity index (χ2v) is 10.0. The van der Waals surface area contributed by atoms with Crippen LogP contribution in [0.15, 0.2) is 36.4 Å². The van der Waals surface area contributed by atoms with Crippen LogP contribution in [-0.4, -0.2) is 48.6 Å². The van der Waals surface area contributed by atoms with Gasteiger partial charge in [-0.15, -0.1) is 0 Å². The summed E-state index contributed by atoms with van der Waals surface area (Å²) in [7, 11) is 0. The molecule has 2 fully saturated rings. The van der Waals surface area contributed by atoms with Crippen LogP contribution in [0.5, 0.6) is 17.2 Å². The van der Waals surface area contributed by atoms with Crippen LogP contribution in [0.1, 0.15) is 49.1 Å². The fraction of sp³-hybridized carbons (Fsp3) is 0.481. The maximum Gasteiger partial charge on any atom is 0.231 e. The predicted molar refractivity (Wildman–Crippen MR) is 129 cm³/mol. The van der Waals surface area contributed by atoms with E-state index < -0.39 is 6.10 Å². The second-order valence-electron chi connectivity index (χ2n) is 10.0. The van der Waals surface area contributed by atoms with Gasteiger partial charge in [-0.05, 0) is 61.1 Å². The molecule has 3 heterocycles. The molecule has 0 unspecified atom stereocenters. The molecule has 0 aromatic heterocycles. The minimum atomic E-state index is -0.532. The fourth-order valence-corrected chi connectivity index (χ4v) is 5.29. The third-order valence-electron chi connectivity index (χ3n) is 7.29. The third-order valence-corrected chi connectivity index (χ3v) is 7.29. The molecule has 2 aromatic carbocycles. The Balaban J connectivity index is 1.09. The number of nitrogens with one attached hydrogen (secondary N) is 2. The molecule has 4 atom stereocenters. The summed E-state index contributed by atoms with van der Waals surface area (Å²) < 4.78 is 22.9. The molecule has 36 heavy (non-hydrogen) atoms. The molecule has 1 saturated carbocycles. The van der Waals surface area contributed by atoms with Crippen molar-refractivity contribution in [3.63, 3.8) is 0 Å². The lowest BCUT2D eigenvalue weighted by Crippen LogP contribution is -2.47. The summed E-state index contributed by atoms with van der Waals surface area (Å²) in [5.41, 5.74) is 2.64. The minimum absolute atomic E-state index is 0.0298. The molecule has 3 N–H and O–H groups in total. The number of hydrogen-bond donors (Lipinski definition) is 3. The zero-order valence-electron chi connectivity index (χ0n) is 19.9. The summed E-state index contributed by atoms with van der Waals surface area (Å²) in [6.45, 7) is 0.377. The highest BCUT2D eigenvalue weighted by molar-refractivity contribution is 5.91. The highest BCUT2D eigenvalue weighted by atomic mass is 16.7. The first-order valence-electron chi connectivity index (χ1n) is 12.6. The summed E-state index contributed by atoms with van der Waals surface area (Å²) in [6, 6.07) is 11.3. The number of ether oxygens (including phenoxy) is 4. The Bertz CT molecular complexity index is 1160. The SMILES string of the molecule is O=C(C[C@H]1C[C@H]2c3cc(NC(=O)CC4CC4)ccc3O[C@H]2[C@@H](CO)O1)NCc1ccc2c(c1)OCO2. The van der Waals surface area contributed by atoms with Crippen molar-refractivity contribution in [2.45, 2.75) is 62.9 Å². The first-order valence-corrected chi connectivity index (χ1v) is 12.6. The van der Waals surface area contributed by atoms with Crippen LogP contribution in [-0.2, 0) is 20.9 Å².